The van der Waals surface area contributed by atoms with Crippen LogP contribution in [0.5, 0.6) is 0 Å². The third-order valence-corrected chi connectivity index (χ3v) is 3.53. The van der Waals surface area contributed by atoms with E-state index >= 15 is 0 Å². The largest absolute Gasteiger partial charge is 0.404 e. The standard InChI is InChI=1S/C9H15F6NOS/c1-7(2,3)18(17)16-6(9(13,14)15)4-5-8(10,11)12/h6,16H,4-5H2,1-3H3/t6-,18?/m0/s1. The summed E-state index contributed by atoms with van der Waals surface area (Å²) < 4.78 is 85.3. The molecule has 0 radical (unpaired) electrons. The van der Waals surface area contributed by atoms with E-state index in [9.17, 15) is 30.6 Å². The summed E-state index contributed by atoms with van der Waals surface area (Å²) in [5.74, 6) is 0. The molecule has 0 aliphatic carbocycles. The lowest BCUT2D eigenvalue weighted by molar-refractivity contribution is -0.169. The first-order chi connectivity index (χ1) is 7.73. The van der Waals surface area contributed by atoms with E-state index in [0.29, 0.717) is 0 Å². The SMILES string of the molecule is CC(C)(C)S(=O)N[C@@H](CCC(F)(F)F)C(F)(F)F. The maximum absolute atomic E-state index is 12.5. The van der Waals surface area contributed by atoms with Crippen LogP contribution >= 0.6 is 0 Å². The van der Waals surface area contributed by atoms with E-state index < -0.39 is 47.0 Å². The average molecular weight is 299 g/mol. The van der Waals surface area contributed by atoms with Gasteiger partial charge < -0.3 is 0 Å². The number of rotatable bonds is 4. The Bertz CT molecular complexity index is 293. The number of hydrogen-bond acceptors (Lipinski definition) is 1. The molecule has 0 aliphatic rings. The Morgan fingerprint density at radius 3 is 1.78 bits per heavy atom. The first-order valence-corrected chi connectivity index (χ1v) is 6.20. The maximum Gasteiger partial charge on any atom is 0.404 e. The zero-order valence-electron chi connectivity index (χ0n) is 10.1. The Kier molecular flexibility index (Phi) is 5.67. The van der Waals surface area contributed by atoms with Gasteiger partial charge in [0.05, 0.1) is 15.7 Å². The quantitative estimate of drug-likeness (QED) is 0.793. The second kappa shape index (κ2) is 5.77. The fraction of sp³-hybridized carbons (Fsp3) is 1.00. The molecule has 0 aliphatic heterocycles. The molecule has 1 N–H and O–H groups in total. The van der Waals surface area contributed by atoms with Crippen LogP contribution in [-0.4, -0.2) is 27.4 Å². The summed E-state index contributed by atoms with van der Waals surface area (Å²) in [6.45, 7) is 4.27. The van der Waals surface area contributed by atoms with Gasteiger partial charge in [-0.1, -0.05) is 0 Å². The second-order valence-electron chi connectivity index (χ2n) is 4.75. The number of alkyl halides is 6. The summed E-state index contributed by atoms with van der Waals surface area (Å²) in [5.41, 5.74) is 0. The zero-order valence-corrected chi connectivity index (χ0v) is 10.9. The summed E-state index contributed by atoms with van der Waals surface area (Å²) in [4.78, 5) is 0. The maximum atomic E-state index is 12.5. The minimum absolute atomic E-state index is 0.984. The highest BCUT2D eigenvalue weighted by Crippen LogP contribution is 2.29. The fourth-order valence-corrected chi connectivity index (χ4v) is 1.77. The monoisotopic (exact) mass is 299 g/mol. The molecule has 0 spiro atoms. The van der Waals surface area contributed by atoms with E-state index in [4.69, 9.17) is 0 Å². The lowest BCUT2D eigenvalue weighted by Gasteiger charge is -2.26. The van der Waals surface area contributed by atoms with Gasteiger partial charge in [-0.3, -0.25) is 0 Å². The molecule has 18 heavy (non-hydrogen) atoms. The molecule has 0 amide bonds. The molecule has 0 fully saturated rings. The highest BCUT2D eigenvalue weighted by molar-refractivity contribution is 7.84. The van der Waals surface area contributed by atoms with Crippen LogP contribution in [0.3, 0.4) is 0 Å². The van der Waals surface area contributed by atoms with Gasteiger partial charge in [0.1, 0.15) is 6.04 Å². The highest BCUT2D eigenvalue weighted by atomic mass is 32.2. The molecule has 2 nitrogen and oxygen atoms in total. The molecule has 0 bridgehead atoms. The van der Waals surface area contributed by atoms with Crippen molar-refractivity contribution in [3.05, 3.63) is 0 Å². The van der Waals surface area contributed by atoms with Crippen LogP contribution in [0.25, 0.3) is 0 Å². The molecule has 0 heterocycles. The van der Waals surface area contributed by atoms with Crippen LogP contribution in [-0.2, 0) is 11.0 Å². The summed E-state index contributed by atoms with van der Waals surface area (Å²) in [5, 5.41) is 0. The fourth-order valence-electron chi connectivity index (χ4n) is 0.903. The second-order valence-corrected chi connectivity index (χ2v) is 6.74. The first-order valence-electron chi connectivity index (χ1n) is 5.05. The summed E-state index contributed by atoms with van der Waals surface area (Å²) >= 11 is 0. The minimum Gasteiger partial charge on any atom is -0.242 e. The van der Waals surface area contributed by atoms with Crippen molar-refractivity contribution in [3.63, 3.8) is 0 Å². The topological polar surface area (TPSA) is 29.1 Å². The van der Waals surface area contributed by atoms with E-state index in [1.165, 1.54) is 20.8 Å². The summed E-state index contributed by atoms with van der Waals surface area (Å²) in [6, 6.07) is -2.43. The third-order valence-electron chi connectivity index (χ3n) is 1.92. The number of halogens is 6. The van der Waals surface area contributed by atoms with Gasteiger partial charge in [-0.15, -0.1) is 0 Å². The predicted octanol–water partition coefficient (Wildman–Crippen LogP) is 3.31. The van der Waals surface area contributed by atoms with Crippen LogP contribution in [0.15, 0.2) is 0 Å². The Balaban J connectivity index is 4.68. The van der Waals surface area contributed by atoms with Crippen molar-refractivity contribution in [3.8, 4) is 0 Å². The zero-order chi connectivity index (χ0) is 14.8. The Labute approximate surface area is 104 Å². The summed E-state index contributed by atoms with van der Waals surface area (Å²) in [6.07, 6.45) is -12.3. The van der Waals surface area contributed by atoms with Gasteiger partial charge in [-0.2, -0.15) is 26.3 Å². The number of hydrogen-bond donors (Lipinski definition) is 1. The Hall–Kier alpha value is -0.310. The lowest BCUT2D eigenvalue weighted by atomic mass is 10.1. The van der Waals surface area contributed by atoms with Crippen molar-refractivity contribution in [1.29, 1.82) is 0 Å². The van der Waals surface area contributed by atoms with Gasteiger partial charge in [0, 0.05) is 6.42 Å². The molecule has 2 atom stereocenters. The van der Waals surface area contributed by atoms with E-state index in [1.54, 1.807) is 4.72 Å². The molecule has 1 unspecified atom stereocenters. The molecule has 0 aromatic rings. The van der Waals surface area contributed by atoms with Crippen molar-refractivity contribution in [1.82, 2.24) is 4.72 Å². The summed E-state index contributed by atoms with van der Waals surface area (Å²) in [7, 11) is -2.08. The normalized spacial score (nSPS) is 17.6. The Morgan fingerprint density at radius 2 is 1.50 bits per heavy atom. The van der Waals surface area contributed by atoms with Crippen LogP contribution < -0.4 is 4.72 Å². The van der Waals surface area contributed by atoms with Crippen molar-refractivity contribution < 1.29 is 30.6 Å². The van der Waals surface area contributed by atoms with Crippen molar-refractivity contribution >= 4 is 11.0 Å². The molecule has 0 saturated heterocycles. The highest BCUT2D eigenvalue weighted by Gasteiger charge is 2.43. The molecule has 0 aromatic carbocycles. The predicted molar refractivity (Wildman–Crippen MR) is 56.2 cm³/mol. The van der Waals surface area contributed by atoms with Gasteiger partial charge in [-0.05, 0) is 27.2 Å². The first kappa shape index (κ1) is 17.7. The molecule has 110 valence electrons. The van der Waals surface area contributed by atoms with Gasteiger partial charge in [0.2, 0.25) is 0 Å². The van der Waals surface area contributed by atoms with Crippen molar-refractivity contribution in [2.45, 2.75) is 56.8 Å². The van der Waals surface area contributed by atoms with Crippen molar-refractivity contribution in [2.24, 2.45) is 0 Å². The third kappa shape index (κ3) is 7.20. The van der Waals surface area contributed by atoms with Crippen LogP contribution in [0.2, 0.25) is 0 Å². The van der Waals surface area contributed by atoms with E-state index in [-0.39, 0.29) is 0 Å². The van der Waals surface area contributed by atoms with Crippen LogP contribution in [0.1, 0.15) is 33.6 Å². The van der Waals surface area contributed by atoms with E-state index in [2.05, 4.69) is 0 Å². The average Bonchev–Trinajstić information content (AvgIpc) is 2.06. The van der Waals surface area contributed by atoms with Gasteiger partial charge in [-0.25, -0.2) is 8.93 Å². The molecule has 0 aromatic heterocycles. The molecular weight excluding hydrogens is 284 g/mol. The Morgan fingerprint density at radius 1 is 1.06 bits per heavy atom. The van der Waals surface area contributed by atoms with E-state index in [0.717, 1.165) is 0 Å². The molecular formula is C9H15F6NOS. The van der Waals surface area contributed by atoms with Gasteiger partial charge >= 0.3 is 12.4 Å². The minimum atomic E-state index is -4.87. The van der Waals surface area contributed by atoms with Crippen LogP contribution in [0.4, 0.5) is 26.3 Å². The lowest BCUT2D eigenvalue weighted by Crippen LogP contribution is -2.47. The molecule has 9 heteroatoms. The van der Waals surface area contributed by atoms with E-state index in [1.807, 2.05) is 0 Å². The van der Waals surface area contributed by atoms with Gasteiger partial charge in [0.25, 0.3) is 0 Å². The van der Waals surface area contributed by atoms with Crippen LogP contribution in [0, 0.1) is 0 Å². The van der Waals surface area contributed by atoms with Gasteiger partial charge in [0.15, 0.2) is 0 Å². The molecule has 0 rings (SSSR count). The smallest absolute Gasteiger partial charge is 0.242 e. The van der Waals surface area contributed by atoms with Crippen molar-refractivity contribution in [2.75, 3.05) is 0 Å². The molecule has 0 saturated carbocycles. The number of nitrogens with one attached hydrogen (secondary N) is 1.